The molecule has 0 unspecified atom stereocenters. The molecular weight excluding hydrogens is 312 g/mol. The van der Waals surface area contributed by atoms with E-state index in [-0.39, 0.29) is 0 Å². The molecule has 0 aromatic carbocycles. The SMILES string of the molecule is CCNC(=NCCOc1ccc(Cl)cn1)N1CCC2(CCC2)C1. The number of ether oxygens (including phenoxy) is 1. The van der Waals surface area contributed by atoms with Crippen LogP contribution < -0.4 is 10.1 Å². The van der Waals surface area contributed by atoms with Gasteiger partial charge in [-0.1, -0.05) is 18.0 Å². The number of nitrogens with one attached hydrogen (secondary N) is 1. The third-order valence-electron chi connectivity index (χ3n) is 4.79. The van der Waals surface area contributed by atoms with Crippen LogP contribution in [0.3, 0.4) is 0 Å². The average Bonchev–Trinajstić information content (AvgIpc) is 2.98. The normalized spacial score (nSPS) is 19.7. The van der Waals surface area contributed by atoms with Crippen molar-refractivity contribution in [1.82, 2.24) is 15.2 Å². The van der Waals surface area contributed by atoms with E-state index in [4.69, 9.17) is 21.3 Å². The maximum absolute atomic E-state index is 5.81. The van der Waals surface area contributed by atoms with Crippen molar-refractivity contribution in [3.05, 3.63) is 23.4 Å². The van der Waals surface area contributed by atoms with Gasteiger partial charge in [0.25, 0.3) is 0 Å². The molecule has 1 aliphatic carbocycles. The van der Waals surface area contributed by atoms with E-state index in [1.807, 2.05) is 0 Å². The molecule has 1 aliphatic heterocycles. The maximum atomic E-state index is 5.81. The Morgan fingerprint density at radius 3 is 2.91 bits per heavy atom. The molecule has 2 aliphatic rings. The Hall–Kier alpha value is -1.49. The molecule has 6 heteroatoms. The van der Waals surface area contributed by atoms with Crippen LogP contribution in [0.2, 0.25) is 5.02 Å². The van der Waals surface area contributed by atoms with Crippen LogP contribution in [0.5, 0.6) is 5.88 Å². The molecule has 0 radical (unpaired) electrons. The number of aliphatic imine (C=N–C) groups is 1. The van der Waals surface area contributed by atoms with Crippen molar-refractivity contribution in [3.63, 3.8) is 0 Å². The Balaban J connectivity index is 1.49. The van der Waals surface area contributed by atoms with E-state index in [1.165, 1.54) is 25.7 Å². The highest BCUT2D eigenvalue weighted by Crippen LogP contribution is 2.47. The lowest BCUT2D eigenvalue weighted by molar-refractivity contribution is 0.151. The van der Waals surface area contributed by atoms with Gasteiger partial charge in [-0.25, -0.2) is 9.98 Å². The fourth-order valence-electron chi connectivity index (χ4n) is 3.38. The van der Waals surface area contributed by atoms with Crippen LogP contribution in [0, 0.1) is 5.41 Å². The molecular formula is C17H25ClN4O. The number of hydrogen-bond donors (Lipinski definition) is 1. The predicted molar refractivity (Wildman–Crippen MR) is 93.2 cm³/mol. The third kappa shape index (κ3) is 4.08. The van der Waals surface area contributed by atoms with Gasteiger partial charge in [-0.3, -0.25) is 0 Å². The minimum atomic E-state index is 0.516. The summed E-state index contributed by atoms with van der Waals surface area (Å²) in [6.45, 7) is 6.41. The number of halogens is 1. The third-order valence-corrected chi connectivity index (χ3v) is 5.01. The molecule has 1 saturated carbocycles. The molecule has 0 bridgehead atoms. The van der Waals surface area contributed by atoms with E-state index < -0.39 is 0 Å². The summed E-state index contributed by atoms with van der Waals surface area (Å²) in [4.78, 5) is 11.2. The van der Waals surface area contributed by atoms with Gasteiger partial charge in [0.05, 0.1) is 11.6 Å². The average molecular weight is 337 g/mol. The number of aromatic nitrogens is 1. The number of pyridine rings is 1. The zero-order valence-corrected chi connectivity index (χ0v) is 14.5. The summed E-state index contributed by atoms with van der Waals surface area (Å²) in [5, 5.41) is 4.02. The molecule has 0 amide bonds. The first-order valence-corrected chi connectivity index (χ1v) is 8.86. The van der Waals surface area contributed by atoms with Gasteiger partial charge in [-0.2, -0.15) is 0 Å². The summed E-state index contributed by atoms with van der Waals surface area (Å²) in [5.74, 6) is 1.60. The summed E-state index contributed by atoms with van der Waals surface area (Å²) in [6, 6.07) is 3.55. The van der Waals surface area contributed by atoms with Crippen molar-refractivity contribution in [2.45, 2.75) is 32.6 Å². The number of hydrogen-bond acceptors (Lipinski definition) is 3. The highest BCUT2D eigenvalue weighted by molar-refractivity contribution is 6.30. The lowest BCUT2D eigenvalue weighted by Gasteiger charge is -2.38. The first-order valence-electron chi connectivity index (χ1n) is 8.48. The molecule has 3 rings (SSSR count). The number of nitrogens with zero attached hydrogens (tertiary/aromatic N) is 3. The van der Waals surface area contributed by atoms with E-state index in [9.17, 15) is 0 Å². The molecule has 1 saturated heterocycles. The first kappa shape index (κ1) is 16.4. The number of guanidine groups is 1. The van der Waals surface area contributed by atoms with E-state index in [0.29, 0.717) is 29.5 Å². The lowest BCUT2D eigenvalue weighted by atomic mass is 9.68. The summed E-state index contributed by atoms with van der Waals surface area (Å²) >= 11 is 5.81. The smallest absolute Gasteiger partial charge is 0.213 e. The lowest BCUT2D eigenvalue weighted by Crippen LogP contribution is -2.42. The van der Waals surface area contributed by atoms with Crippen LogP contribution in [0.4, 0.5) is 0 Å². The summed E-state index contributed by atoms with van der Waals surface area (Å²) in [5.41, 5.74) is 0.583. The summed E-state index contributed by atoms with van der Waals surface area (Å²) in [7, 11) is 0. The minimum absolute atomic E-state index is 0.516. The molecule has 126 valence electrons. The van der Waals surface area contributed by atoms with Crippen molar-refractivity contribution >= 4 is 17.6 Å². The molecule has 2 heterocycles. The maximum Gasteiger partial charge on any atom is 0.213 e. The van der Waals surface area contributed by atoms with Gasteiger partial charge in [-0.05, 0) is 37.7 Å². The fraction of sp³-hybridized carbons (Fsp3) is 0.647. The molecule has 23 heavy (non-hydrogen) atoms. The van der Waals surface area contributed by atoms with Crippen LogP contribution in [-0.4, -0.2) is 48.6 Å². The van der Waals surface area contributed by atoms with Gasteiger partial charge >= 0.3 is 0 Å². The fourth-order valence-corrected chi connectivity index (χ4v) is 3.49. The highest BCUT2D eigenvalue weighted by atomic mass is 35.5. The molecule has 2 fully saturated rings. The summed E-state index contributed by atoms with van der Waals surface area (Å²) in [6.07, 6.45) is 7.06. The molecule has 5 nitrogen and oxygen atoms in total. The van der Waals surface area contributed by atoms with Gasteiger partial charge in [0.1, 0.15) is 6.61 Å². The molecule has 1 aromatic heterocycles. The minimum Gasteiger partial charge on any atom is -0.476 e. The number of rotatable bonds is 5. The van der Waals surface area contributed by atoms with Crippen molar-refractivity contribution in [2.75, 3.05) is 32.8 Å². The van der Waals surface area contributed by atoms with Gasteiger partial charge in [0, 0.05) is 31.9 Å². The molecule has 1 N–H and O–H groups in total. The second kappa shape index (κ2) is 7.39. The summed E-state index contributed by atoms with van der Waals surface area (Å²) < 4.78 is 5.60. The van der Waals surface area contributed by atoms with E-state index in [0.717, 1.165) is 25.6 Å². The van der Waals surface area contributed by atoms with Crippen molar-refractivity contribution in [3.8, 4) is 5.88 Å². The van der Waals surface area contributed by atoms with Gasteiger partial charge in [0.15, 0.2) is 5.96 Å². The zero-order chi connectivity index (χ0) is 16.1. The van der Waals surface area contributed by atoms with Crippen LogP contribution >= 0.6 is 11.6 Å². The van der Waals surface area contributed by atoms with E-state index in [2.05, 4.69) is 22.1 Å². The van der Waals surface area contributed by atoms with E-state index in [1.54, 1.807) is 18.3 Å². The zero-order valence-electron chi connectivity index (χ0n) is 13.7. The first-order chi connectivity index (χ1) is 11.2. The second-order valence-corrected chi connectivity index (χ2v) is 6.86. The van der Waals surface area contributed by atoms with Crippen LogP contribution in [0.15, 0.2) is 23.3 Å². The molecule has 0 atom stereocenters. The topological polar surface area (TPSA) is 49.8 Å². The van der Waals surface area contributed by atoms with Crippen LogP contribution in [-0.2, 0) is 0 Å². The number of likely N-dealkylation sites (tertiary alicyclic amines) is 1. The Morgan fingerprint density at radius 1 is 1.43 bits per heavy atom. The highest BCUT2D eigenvalue weighted by Gasteiger charge is 2.43. The Bertz CT molecular complexity index is 542. The standard InChI is InChI=1S/C17H25ClN4O/c1-2-19-16(22-10-8-17(13-22)6-3-7-17)20-9-11-23-15-5-4-14(18)12-21-15/h4-5,12H,2-3,6-11,13H2,1H3,(H,19,20). The molecule has 1 aromatic rings. The molecule has 1 spiro atoms. The Labute approximate surface area is 143 Å². The predicted octanol–water partition coefficient (Wildman–Crippen LogP) is 2.96. The van der Waals surface area contributed by atoms with Crippen LogP contribution in [0.1, 0.15) is 32.6 Å². The van der Waals surface area contributed by atoms with E-state index >= 15 is 0 Å². The second-order valence-electron chi connectivity index (χ2n) is 6.42. The van der Waals surface area contributed by atoms with Gasteiger partial charge < -0.3 is 15.0 Å². The largest absolute Gasteiger partial charge is 0.476 e. The van der Waals surface area contributed by atoms with Crippen LogP contribution in [0.25, 0.3) is 0 Å². The quantitative estimate of drug-likeness (QED) is 0.510. The van der Waals surface area contributed by atoms with Crippen molar-refractivity contribution < 1.29 is 4.74 Å². The van der Waals surface area contributed by atoms with Gasteiger partial charge in [-0.15, -0.1) is 0 Å². The van der Waals surface area contributed by atoms with Crippen molar-refractivity contribution in [2.24, 2.45) is 10.4 Å². The Kier molecular flexibility index (Phi) is 5.26. The Morgan fingerprint density at radius 2 is 2.30 bits per heavy atom. The monoisotopic (exact) mass is 336 g/mol. The van der Waals surface area contributed by atoms with Crippen molar-refractivity contribution in [1.29, 1.82) is 0 Å². The van der Waals surface area contributed by atoms with Gasteiger partial charge in [0.2, 0.25) is 5.88 Å².